The molecule has 0 aromatic heterocycles. The van der Waals surface area contributed by atoms with Crippen molar-refractivity contribution < 1.29 is 14.3 Å². The van der Waals surface area contributed by atoms with Gasteiger partial charge in [-0.25, -0.2) is 0 Å². The van der Waals surface area contributed by atoms with Crippen LogP contribution in [0.4, 0.5) is 0 Å². The molecule has 0 bridgehead atoms. The van der Waals surface area contributed by atoms with Gasteiger partial charge in [0.25, 0.3) is 5.91 Å². The molecule has 3 rings (SSSR count). The molecule has 21 heavy (non-hydrogen) atoms. The molecule has 0 fully saturated rings. The number of hydrogen-bond donors (Lipinski definition) is 1. The number of hydrogen-bond acceptors (Lipinski definition) is 3. The van der Waals surface area contributed by atoms with E-state index in [4.69, 9.17) is 15.2 Å². The van der Waals surface area contributed by atoms with E-state index in [1.165, 1.54) is 11.1 Å². The maximum absolute atomic E-state index is 11.7. The van der Waals surface area contributed by atoms with Gasteiger partial charge in [0.2, 0.25) is 0 Å². The predicted octanol–water partition coefficient (Wildman–Crippen LogP) is 2.84. The minimum atomic E-state index is -0.511. The Morgan fingerprint density at radius 3 is 2.24 bits per heavy atom. The number of ether oxygens (including phenoxy) is 2. The third-order valence-corrected chi connectivity index (χ3v) is 3.46. The molecule has 0 saturated heterocycles. The Labute approximate surface area is 123 Å². The van der Waals surface area contributed by atoms with Crippen molar-refractivity contribution in [3.8, 4) is 22.6 Å². The molecule has 1 aliphatic heterocycles. The number of nitrogens with two attached hydrogens (primary N) is 1. The first-order chi connectivity index (χ1) is 10.0. The largest absolute Gasteiger partial charge is 0.486 e. The Balaban J connectivity index is 2.19. The molecule has 0 atom stereocenters. The van der Waals surface area contributed by atoms with Gasteiger partial charge in [0.15, 0.2) is 11.5 Å². The van der Waals surface area contributed by atoms with Crippen molar-refractivity contribution in [3.63, 3.8) is 0 Å². The van der Waals surface area contributed by atoms with Gasteiger partial charge in [0, 0.05) is 0 Å². The molecular weight excluding hydrogens is 266 g/mol. The molecule has 0 spiro atoms. The minimum Gasteiger partial charge on any atom is -0.486 e. The summed E-state index contributed by atoms with van der Waals surface area (Å²) in [7, 11) is 0. The van der Waals surface area contributed by atoms with E-state index in [9.17, 15) is 4.79 Å². The molecule has 1 heterocycles. The lowest BCUT2D eigenvalue weighted by Gasteiger charge is -2.21. The van der Waals surface area contributed by atoms with E-state index in [0.717, 1.165) is 11.1 Å². The fourth-order valence-electron chi connectivity index (χ4n) is 2.64. The number of primary amides is 1. The van der Waals surface area contributed by atoms with Crippen LogP contribution in [0.3, 0.4) is 0 Å². The lowest BCUT2D eigenvalue weighted by atomic mass is 9.98. The lowest BCUT2D eigenvalue weighted by Crippen LogP contribution is -2.20. The summed E-state index contributed by atoms with van der Waals surface area (Å²) in [4.78, 5) is 11.7. The minimum absolute atomic E-state index is 0.362. The summed E-state index contributed by atoms with van der Waals surface area (Å²) >= 11 is 0. The Kier molecular flexibility index (Phi) is 3.29. The summed E-state index contributed by atoms with van der Waals surface area (Å²) in [5, 5.41) is 0. The molecule has 2 aromatic rings. The number of carbonyl (C=O) groups is 1. The SMILES string of the molecule is Cc1cc(C)cc(-c2cc3c(c(C(N)=O)c2)OCCO3)c1. The molecule has 1 aliphatic rings. The van der Waals surface area contributed by atoms with Crippen LogP contribution in [0.2, 0.25) is 0 Å². The van der Waals surface area contributed by atoms with Crippen LogP contribution in [0.25, 0.3) is 11.1 Å². The van der Waals surface area contributed by atoms with Crippen LogP contribution >= 0.6 is 0 Å². The highest BCUT2D eigenvalue weighted by Gasteiger charge is 2.21. The highest BCUT2D eigenvalue weighted by molar-refractivity contribution is 5.98. The standard InChI is InChI=1S/C17H17NO3/c1-10-5-11(2)7-12(6-10)13-8-14(17(18)19)16-15(9-13)20-3-4-21-16/h5-9H,3-4H2,1-2H3,(H2,18,19). The zero-order valence-electron chi connectivity index (χ0n) is 12.1. The second-order valence-electron chi connectivity index (χ2n) is 5.29. The van der Waals surface area contributed by atoms with E-state index < -0.39 is 5.91 Å². The van der Waals surface area contributed by atoms with E-state index >= 15 is 0 Å². The van der Waals surface area contributed by atoms with E-state index in [1.807, 2.05) is 19.9 Å². The molecule has 2 aromatic carbocycles. The molecule has 0 unspecified atom stereocenters. The van der Waals surface area contributed by atoms with Crippen LogP contribution in [-0.2, 0) is 0 Å². The first-order valence-corrected chi connectivity index (χ1v) is 6.87. The van der Waals surface area contributed by atoms with Crippen LogP contribution in [-0.4, -0.2) is 19.1 Å². The number of fused-ring (bicyclic) bond motifs is 1. The van der Waals surface area contributed by atoms with Crippen molar-refractivity contribution in [1.82, 2.24) is 0 Å². The average molecular weight is 283 g/mol. The smallest absolute Gasteiger partial charge is 0.252 e. The number of aryl methyl sites for hydroxylation is 2. The number of amides is 1. The summed E-state index contributed by atoms with van der Waals surface area (Å²) in [6.45, 7) is 4.99. The Hall–Kier alpha value is -2.49. The topological polar surface area (TPSA) is 61.6 Å². The summed E-state index contributed by atoms with van der Waals surface area (Å²) in [5.74, 6) is 0.511. The van der Waals surface area contributed by atoms with Gasteiger partial charge in [-0.3, -0.25) is 4.79 Å². The van der Waals surface area contributed by atoms with Gasteiger partial charge >= 0.3 is 0 Å². The molecule has 0 saturated carbocycles. The highest BCUT2D eigenvalue weighted by Crippen LogP contribution is 2.38. The average Bonchev–Trinajstić information content (AvgIpc) is 2.45. The van der Waals surface area contributed by atoms with Crippen molar-refractivity contribution in [1.29, 1.82) is 0 Å². The first kappa shape index (κ1) is 13.5. The van der Waals surface area contributed by atoms with Gasteiger partial charge in [0.05, 0.1) is 5.56 Å². The fraction of sp³-hybridized carbons (Fsp3) is 0.235. The van der Waals surface area contributed by atoms with Crippen molar-refractivity contribution >= 4 is 5.91 Å². The van der Waals surface area contributed by atoms with Crippen LogP contribution in [0.1, 0.15) is 21.5 Å². The van der Waals surface area contributed by atoms with Crippen molar-refractivity contribution in [2.75, 3.05) is 13.2 Å². The predicted molar refractivity (Wildman–Crippen MR) is 80.9 cm³/mol. The molecule has 2 N–H and O–H groups in total. The van der Waals surface area contributed by atoms with Gasteiger partial charge in [-0.05, 0) is 37.1 Å². The van der Waals surface area contributed by atoms with Crippen LogP contribution in [0.15, 0.2) is 30.3 Å². The van der Waals surface area contributed by atoms with Gasteiger partial charge in [-0.15, -0.1) is 0 Å². The summed E-state index contributed by atoms with van der Waals surface area (Å²) in [5.41, 5.74) is 10.1. The van der Waals surface area contributed by atoms with E-state index in [0.29, 0.717) is 30.3 Å². The second-order valence-corrected chi connectivity index (χ2v) is 5.29. The molecular formula is C17H17NO3. The van der Waals surface area contributed by atoms with Crippen LogP contribution < -0.4 is 15.2 Å². The maximum Gasteiger partial charge on any atom is 0.252 e. The molecule has 108 valence electrons. The Morgan fingerprint density at radius 2 is 1.57 bits per heavy atom. The Bertz CT molecular complexity index is 702. The summed E-state index contributed by atoms with van der Waals surface area (Å²) < 4.78 is 11.1. The maximum atomic E-state index is 11.7. The van der Waals surface area contributed by atoms with Crippen LogP contribution in [0, 0.1) is 13.8 Å². The van der Waals surface area contributed by atoms with Crippen molar-refractivity contribution in [2.24, 2.45) is 5.73 Å². The van der Waals surface area contributed by atoms with E-state index in [-0.39, 0.29) is 0 Å². The van der Waals surface area contributed by atoms with Gasteiger partial charge in [-0.2, -0.15) is 0 Å². The third kappa shape index (κ3) is 2.57. The summed E-state index contributed by atoms with van der Waals surface area (Å²) in [6, 6.07) is 9.92. The van der Waals surface area contributed by atoms with E-state index in [1.54, 1.807) is 6.07 Å². The molecule has 1 amide bonds. The number of rotatable bonds is 2. The van der Waals surface area contributed by atoms with Gasteiger partial charge in [-0.1, -0.05) is 29.3 Å². The van der Waals surface area contributed by atoms with Crippen molar-refractivity contribution in [3.05, 3.63) is 47.0 Å². The number of carbonyl (C=O) groups excluding carboxylic acids is 1. The normalized spacial score (nSPS) is 13.0. The fourth-order valence-corrected chi connectivity index (χ4v) is 2.64. The second kappa shape index (κ2) is 5.13. The van der Waals surface area contributed by atoms with E-state index in [2.05, 4.69) is 18.2 Å². The molecule has 4 nitrogen and oxygen atoms in total. The first-order valence-electron chi connectivity index (χ1n) is 6.87. The zero-order chi connectivity index (χ0) is 15.0. The molecule has 0 radical (unpaired) electrons. The van der Waals surface area contributed by atoms with Gasteiger partial charge in [0.1, 0.15) is 13.2 Å². The Morgan fingerprint density at radius 1 is 0.952 bits per heavy atom. The monoisotopic (exact) mass is 283 g/mol. The molecule has 4 heteroatoms. The van der Waals surface area contributed by atoms with Gasteiger partial charge < -0.3 is 15.2 Å². The lowest BCUT2D eigenvalue weighted by molar-refractivity contribution is 0.0989. The van der Waals surface area contributed by atoms with Crippen LogP contribution in [0.5, 0.6) is 11.5 Å². The highest BCUT2D eigenvalue weighted by atomic mass is 16.6. The molecule has 0 aliphatic carbocycles. The number of benzene rings is 2. The zero-order valence-corrected chi connectivity index (χ0v) is 12.1. The van der Waals surface area contributed by atoms with Crippen molar-refractivity contribution in [2.45, 2.75) is 13.8 Å². The quantitative estimate of drug-likeness (QED) is 0.921. The third-order valence-electron chi connectivity index (χ3n) is 3.46. The summed E-state index contributed by atoms with van der Waals surface area (Å²) in [6.07, 6.45) is 0.